The van der Waals surface area contributed by atoms with Gasteiger partial charge in [0.15, 0.2) is 9.84 Å². The summed E-state index contributed by atoms with van der Waals surface area (Å²) in [4.78, 5) is 0.344. The zero-order valence-corrected chi connectivity index (χ0v) is 13.5. The lowest BCUT2D eigenvalue weighted by molar-refractivity contribution is 0.274. The minimum atomic E-state index is -3.41. The summed E-state index contributed by atoms with van der Waals surface area (Å²) in [5.41, 5.74) is 3.16. The van der Waals surface area contributed by atoms with Gasteiger partial charge in [0.05, 0.1) is 10.1 Å². The van der Waals surface area contributed by atoms with Crippen molar-refractivity contribution in [2.45, 2.75) is 29.9 Å². The number of aliphatic hydroxyl groups is 1. The van der Waals surface area contributed by atoms with Crippen LogP contribution < -0.4 is 0 Å². The molecule has 1 fully saturated rings. The smallest absolute Gasteiger partial charge is 0.182 e. The second-order valence-electron chi connectivity index (χ2n) is 6.11. The van der Waals surface area contributed by atoms with Crippen molar-refractivity contribution in [3.8, 4) is 0 Å². The van der Waals surface area contributed by atoms with Gasteiger partial charge in [0, 0.05) is 18.4 Å². The lowest BCUT2D eigenvalue weighted by Gasteiger charge is -2.05. The lowest BCUT2D eigenvalue weighted by atomic mass is 10.1. The Bertz CT molecular complexity index is 761. The zero-order chi connectivity index (χ0) is 15.9. The van der Waals surface area contributed by atoms with Crippen LogP contribution in [0.3, 0.4) is 0 Å². The minimum Gasteiger partial charge on any atom is -0.396 e. The Balaban J connectivity index is 1.93. The van der Waals surface area contributed by atoms with Crippen molar-refractivity contribution in [3.63, 3.8) is 0 Å². The van der Waals surface area contributed by atoms with E-state index in [0.29, 0.717) is 4.90 Å². The fourth-order valence-corrected chi connectivity index (χ4v) is 5.29. The molecule has 1 aliphatic carbocycles. The van der Waals surface area contributed by atoms with E-state index in [4.69, 9.17) is 0 Å². The molecule has 2 aromatic carbocycles. The maximum Gasteiger partial charge on any atom is 0.182 e. The van der Waals surface area contributed by atoms with Gasteiger partial charge in [0.2, 0.25) is 0 Å². The van der Waals surface area contributed by atoms with E-state index in [1.54, 1.807) is 12.1 Å². The van der Waals surface area contributed by atoms with E-state index in [2.05, 4.69) is 0 Å². The highest BCUT2D eigenvalue weighted by Crippen LogP contribution is 2.53. The Morgan fingerprint density at radius 3 is 1.91 bits per heavy atom. The molecular weight excluding hydrogens is 296 g/mol. The molecule has 4 heteroatoms. The summed E-state index contributed by atoms with van der Waals surface area (Å²) in [6, 6.07) is 14.8. The molecule has 1 aliphatic rings. The molecule has 0 spiro atoms. The van der Waals surface area contributed by atoms with Crippen LogP contribution in [0.15, 0.2) is 53.4 Å². The van der Waals surface area contributed by atoms with Gasteiger partial charge >= 0.3 is 0 Å². The van der Waals surface area contributed by atoms with Crippen LogP contribution in [-0.4, -0.2) is 25.4 Å². The maximum absolute atomic E-state index is 12.8. The van der Waals surface area contributed by atoms with Gasteiger partial charge in [-0.15, -0.1) is 0 Å². The summed E-state index contributed by atoms with van der Waals surface area (Å²) in [6.45, 7) is 3.83. The molecule has 0 unspecified atom stereocenters. The molecule has 0 saturated heterocycles. The minimum absolute atomic E-state index is 0.103. The Hall–Kier alpha value is -1.65. The van der Waals surface area contributed by atoms with E-state index < -0.39 is 15.1 Å². The van der Waals surface area contributed by atoms with E-state index in [9.17, 15) is 13.5 Å². The highest BCUT2D eigenvalue weighted by atomic mass is 32.2. The van der Waals surface area contributed by atoms with Crippen molar-refractivity contribution in [3.05, 3.63) is 65.2 Å². The Labute approximate surface area is 131 Å². The van der Waals surface area contributed by atoms with E-state index in [1.165, 1.54) is 0 Å². The van der Waals surface area contributed by atoms with Crippen molar-refractivity contribution in [2.24, 2.45) is 5.92 Å². The molecule has 0 aliphatic heterocycles. The highest BCUT2D eigenvalue weighted by molar-refractivity contribution is 7.92. The number of aliphatic hydroxyl groups excluding tert-OH is 1. The van der Waals surface area contributed by atoms with Crippen LogP contribution in [0.4, 0.5) is 0 Å². The summed E-state index contributed by atoms with van der Waals surface area (Å²) < 4.78 is 25.6. The number of rotatable bonds is 4. The quantitative estimate of drug-likeness (QED) is 0.943. The molecule has 0 radical (unpaired) electrons. The Kier molecular flexibility index (Phi) is 3.83. The molecular formula is C18H20O3S. The Morgan fingerprint density at radius 1 is 0.909 bits per heavy atom. The normalized spacial score (nSPS) is 24.2. The van der Waals surface area contributed by atoms with Crippen molar-refractivity contribution in [2.75, 3.05) is 6.61 Å². The molecule has 0 amide bonds. The molecule has 22 heavy (non-hydrogen) atoms. The van der Waals surface area contributed by atoms with E-state index in [0.717, 1.165) is 16.7 Å². The van der Waals surface area contributed by atoms with E-state index in [1.807, 2.05) is 50.2 Å². The molecule has 2 aromatic rings. The predicted octanol–water partition coefficient (Wildman–Crippen LogP) is 2.85. The van der Waals surface area contributed by atoms with Crippen molar-refractivity contribution in [1.82, 2.24) is 0 Å². The third-order valence-corrected chi connectivity index (χ3v) is 6.77. The first-order chi connectivity index (χ1) is 10.4. The van der Waals surface area contributed by atoms with Crippen molar-refractivity contribution in [1.29, 1.82) is 0 Å². The molecule has 3 atom stereocenters. The average Bonchev–Trinajstić information content (AvgIpc) is 3.24. The molecule has 116 valence electrons. The number of hydrogen-bond acceptors (Lipinski definition) is 3. The van der Waals surface area contributed by atoms with Gasteiger partial charge in [-0.05, 0) is 31.5 Å². The van der Waals surface area contributed by atoms with E-state index in [-0.39, 0.29) is 18.4 Å². The highest BCUT2D eigenvalue weighted by Gasteiger charge is 2.58. The third kappa shape index (κ3) is 2.57. The molecule has 1 saturated carbocycles. The van der Waals surface area contributed by atoms with Crippen LogP contribution in [-0.2, 0) is 9.84 Å². The predicted molar refractivity (Wildman–Crippen MR) is 86.6 cm³/mol. The summed E-state index contributed by atoms with van der Waals surface area (Å²) in [7, 11) is -3.41. The van der Waals surface area contributed by atoms with Crippen molar-refractivity contribution < 1.29 is 13.5 Å². The topological polar surface area (TPSA) is 54.4 Å². The zero-order valence-electron chi connectivity index (χ0n) is 12.7. The monoisotopic (exact) mass is 316 g/mol. The SMILES string of the molecule is Cc1ccc([C@@H]2[C@@H](CO)[C@H]2S(=O)(=O)c2ccc(C)cc2)cc1. The first-order valence-corrected chi connectivity index (χ1v) is 8.98. The van der Waals surface area contributed by atoms with Gasteiger partial charge in [-0.25, -0.2) is 8.42 Å². The fraction of sp³-hybridized carbons (Fsp3) is 0.333. The largest absolute Gasteiger partial charge is 0.396 e. The Morgan fingerprint density at radius 2 is 1.41 bits per heavy atom. The number of aryl methyl sites for hydroxylation is 2. The van der Waals surface area contributed by atoms with Crippen LogP contribution in [0.5, 0.6) is 0 Å². The first-order valence-electron chi connectivity index (χ1n) is 7.43. The molecule has 0 heterocycles. The van der Waals surface area contributed by atoms with Gasteiger partial charge < -0.3 is 5.11 Å². The molecule has 3 rings (SSSR count). The van der Waals surface area contributed by atoms with Crippen molar-refractivity contribution >= 4 is 9.84 Å². The summed E-state index contributed by atoms with van der Waals surface area (Å²) >= 11 is 0. The summed E-state index contributed by atoms with van der Waals surface area (Å²) in [6.07, 6.45) is 0. The second-order valence-corrected chi connectivity index (χ2v) is 8.21. The summed E-state index contributed by atoms with van der Waals surface area (Å²) in [5.74, 6) is -0.328. The molecule has 0 aromatic heterocycles. The van der Waals surface area contributed by atoms with Crippen LogP contribution >= 0.6 is 0 Å². The third-order valence-electron chi connectivity index (χ3n) is 4.48. The van der Waals surface area contributed by atoms with Crippen LogP contribution in [0.2, 0.25) is 0 Å². The number of hydrogen-bond donors (Lipinski definition) is 1. The standard InChI is InChI=1S/C18H20O3S/c1-12-3-7-14(8-4-12)17-16(11-19)18(17)22(20,21)15-9-5-13(2)6-10-15/h3-10,16-19H,11H2,1-2H3/t16-,17-,18-/m1/s1. The first kappa shape index (κ1) is 15.3. The number of benzene rings is 2. The number of sulfone groups is 1. The molecule has 3 nitrogen and oxygen atoms in total. The van der Waals surface area contributed by atoms with Gasteiger partial charge in [0.1, 0.15) is 0 Å². The maximum atomic E-state index is 12.8. The summed E-state index contributed by atoms with van der Waals surface area (Å²) in [5, 5.41) is 9.03. The lowest BCUT2D eigenvalue weighted by Crippen LogP contribution is -2.11. The van der Waals surface area contributed by atoms with E-state index >= 15 is 0 Å². The second kappa shape index (κ2) is 5.52. The molecule has 1 N–H and O–H groups in total. The van der Waals surface area contributed by atoms with Gasteiger partial charge in [0.25, 0.3) is 0 Å². The van der Waals surface area contributed by atoms with Crippen LogP contribution in [0.1, 0.15) is 22.6 Å². The van der Waals surface area contributed by atoms with Crippen LogP contribution in [0.25, 0.3) is 0 Å². The average molecular weight is 316 g/mol. The van der Waals surface area contributed by atoms with Gasteiger partial charge in [-0.2, -0.15) is 0 Å². The van der Waals surface area contributed by atoms with Gasteiger partial charge in [-0.1, -0.05) is 47.5 Å². The molecule has 0 bridgehead atoms. The van der Waals surface area contributed by atoms with Crippen LogP contribution in [0, 0.1) is 19.8 Å². The van der Waals surface area contributed by atoms with Gasteiger partial charge in [-0.3, -0.25) is 0 Å². The fourth-order valence-electron chi connectivity index (χ4n) is 3.09.